The smallest absolute Gasteiger partial charge is 0.119 e. The Bertz CT molecular complexity index is 394. The molecule has 84 valence electrons. The van der Waals surface area contributed by atoms with E-state index in [1.807, 2.05) is 36.4 Å². The van der Waals surface area contributed by atoms with Crippen molar-refractivity contribution in [3.8, 4) is 5.75 Å². The van der Waals surface area contributed by atoms with E-state index in [1.54, 1.807) is 12.5 Å². The van der Waals surface area contributed by atoms with E-state index in [0.717, 1.165) is 11.3 Å². The van der Waals surface area contributed by atoms with Crippen molar-refractivity contribution in [1.29, 1.82) is 0 Å². The van der Waals surface area contributed by atoms with Gasteiger partial charge < -0.3 is 14.3 Å². The summed E-state index contributed by atoms with van der Waals surface area (Å²) < 4.78 is 10.4. The summed E-state index contributed by atoms with van der Waals surface area (Å²) in [6.45, 7) is 0.287. The van der Waals surface area contributed by atoms with Crippen LogP contribution < -0.4 is 4.74 Å². The number of para-hydroxylation sites is 1. The molecule has 1 aromatic carbocycles. The third-order valence-electron chi connectivity index (χ3n) is 2.24. The fourth-order valence-corrected chi connectivity index (χ4v) is 1.45. The average molecular weight is 218 g/mol. The predicted molar refractivity (Wildman–Crippen MR) is 60.4 cm³/mol. The van der Waals surface area contributed by atoms with Crippen LogP contribution in [0.1, 0.15) is 5.56 Å². The van der Waals surface area contributed by atoms with Gasteiger partial charge in [-0.05, 0) is 23.8 Å². The van der Waals surface area contributed by atoms with Gasteiger partial charge in [0.15, 0.2) is 0 Å². The second-order valence-corrected chi connectivity index (χ2v) is 3.61. The molecule has 0 aliphatic heterocycles. The van der Waals surface area contributed by atoms with E-state index in [9.17, 15) is 5.11 Å². The van der Waals surface area contributed by atoms with E-state index in [1.165, 1.54) is 0 Å². The molecule has 0 bridgehead atoms. The van der Waals surface area contributed by atoms with E-state index in [0.29, 0.717) is 6.42 Å². The van der Waals surface area contributed by atoms with Crippen LogP contribution in [0.3, 0.4) is 0 Å². The van der Waals surface area contributed by atoms with Crippen LogP contribution in [-0.4, -0.2) is 17.8 Å². The molecule has 0 aliphatic carbocycles. The third-order valence-corrected chi connectivity index (χ3v) is 2.24. The SMILES string of the molecule is OC(COc1ccccc1)Cc1ccoc1. The number of hydrogen-bond donors (Lipinski definition) is 1. The van der Waals surface area contributed by atoms with Crippen molar-refractivity contribution in [1.82, 2.24) is 0 Å². The lowest BCUT2D eigenvalue weighted by atomic mass is 10.1. The average Bonchev–Trinajstić information content (AvgIpc) is 2.81. The molecule has 16 heavy (non-hydrogen) atoms. The van der Waals surface area contributed by atoms with Crippen LogP contribution in [0.15, 0.2) is 53.3 Å². The van der Waals surface area contributed by atoms with E-state index < -0.39 is 6.10 Å². The summed E-state index contributed by atoms with van der Waals surface area (Å²) in [4.78, 5) is 0. The first kappa shape index (κ1) is 10.8. The van der Waals surface area contributed by atoms with Crippen LogP contribution in [-0.2, 0) is 6.42 Å². The molecule has 1 N–H and O–H groups in total. The van der Waals surface area contributed by atoms with Crippen LogP contribution in [0, 0.1) is 0 Å². The van der Waals surface area contributed by atoms with Gasteiger partial charge in [0.1, 0.15) is 12.4 Å². The number of furan rings is 1. The Balaban J connectivity index is 1.78. The highest BCUT2D eigenvalue weighted by Crippen LogP contribution is 2.10. The van der Waals surface area contributed by atoms with Gasteiger partial charge in [0.2, 0.25) is 0 Å². The van der Waals surface area contributed by atoms with Gasteiger partial charge >= 0.3 is 0 Å². The molecule has 0 amide bonds. The van der Waals surface area contributed by atoms with Gasteiger partial charge in [-0.1, -0.05) is 18.2 Å². The van der Waals surface area contributed by atoms with E-state index in [2.05, 4.69) is 0 Å². The van der Waals surface area contributed by atoms with E-state index >= 15 is 0 Å². The maximum absolute atomic E-state index is 9.72. The number of ether oxygens (including phenoxy) is 1. The summed E-state index contributed by atoms with van der Waals surface area (Å²) in [5, 5.41) is 9.72. The monoisotopic (exact) mass is 218 g/mol. The minimum Gasteiger partial charge on any atom is -0.491 e. The highest BCUT2D eigenvalue weighted by atomic mass is 16.5. The van der Waals surface area contributed by atoms with Crippen molar-refractivity contribution in [3.05, 3.63) is 54.5 Å². The molecular weight excluding hydrogens is 204 g/mol. The van der Waals surface area contributed by atoms with Crippen LogP contribution in [0.25, 0.3) is 0 Å². The van der Waals surface area contributed by atoms with Gasteiger partial charge in [-0.25, -0.2) is 0 Å². The summed E-state index contributed by atoms with van der Waals surface area (Å²) in [5.41, 5.74) is 0.976. The van der Waals surface area contributed by atoms with Crippen molar-refractivity contribution in [3.63, 3.8) is 0 Å². The number of rotatable bonds is 5. The molecule has 0 radical (unpaired) electrons. The second kappa shape index (κ2) is 5.37. The quantitative estimate of drug-likeness (QED) is 0.837. The lowest BCUT2D eigenvalue weighted by Gasteiger charge is -2.11. The van der Waals surface area contributed by atoms with Crippen molar-refractivity contribution >= 4 is 0 Å². The zero-order valence-corrected chi connectivity index (χ0v) is 8.87. The Morgan fingerprint density at radius 2 is 2.00 bits per heavy atom. The maximum atomic E-state index is 9.72. The fourth-order valence-electron chi connectivity index (χ4n) is 1.45. The maximum Gasteiger partial charge on any atom is 0.119 e. The summed E-state index contributed by atoms with van der Waals surface area (Å²) in [6, 6.07) is 11.3. The lowest BCUT2D eigenvalue weighted by Crippen LogP contribution is -2.19. The molecule has 0 saturated carbocycles. The van der Waals surface area contributed by atoms with Crippen LogP contribution in [0.5, 0.6) is 5.75 Å². The molecule has 2 rings (SSSR count). The lowest BCUT2D eigenvalue weighted by molar-refractivity contribution is 0.107. The van der Waals surface area contributed by atoms with Gasteiger partial charge in [-0.15, -0.1) is 0 Å². The molecule has 0 saturated heterocycles. The Morgan fingerprint density at radius 3 is 2.69 bits per heavy atom. The highest BCUT2D eigenvalue weighted by Gasteiger charge is 2.07. The number of aliphatic hydroxyl groups excluding tert-OH is 1. The first-order valence-corrected chi connectivity index (χ1v) is 5.21. The molecule has 1 heterocycles. The van der Waals surface area contributed by atoms with Gasteiger partial charge in [-0.3, -0.25) is 0 Å². The van der Waals surface area contributed by atoms with Crippen LogP contribution in [0.4, 0.5) is 0 Å². The molecular formula is C13H14O3. The number of hydrogen-bond acceptors (Lipinski definition) is 3. The Morgan fingerprint density at radius 1 is 1.19 bits per heavy atom. The molecule has 0 spiro atoms. The first-order chi connectivity index (χ1) is 7.84. The first-order valence-electron chi connectivity index (χ1n) is 5.21. The van der Waals surface area contributed by atoms with Gasteiger partial charge in [0, 0.05) is 6.42 Å². The van der Waals surface area contributed by atoms with Gasteiger partial charge in [0.25, 0.3) is 0 Å². The predicted octanol–water partition coefficient (Wildman–Crippen LogP) is 2.26. The Labute approximate surface area is 94.3 Å². The van der Waals surface area contributed by atoms with E-state index in [-0.39, 0.29) is 6.61 Å². The van der Waals surface area contributed by atoms with E-state index in [4.69, 9.17) is 9.15 Å². The van der Waals surface area contributed by atoms with Crippen molar-refractivity contribution in [2.75, 3.05) is 6.61 Å². The van der Waals surface area contributed by atoms with Crippen molar-refractivity contribution in [2.24, 2.45) is 0 Å². The molecule has 1 atom stereocenters. The Hall–Kier alpha value is -1.74. The minimum atomic E-state index is -0.516. The standard InChI is InChI=1S/C13H14O3/c14-12(8-11-6-7-15-9-11)10-16-13-4-2-1-3-5-13/h1-7,9,12,14H,8,10H2. The number of aliphatic hydroxyl groups is 1. The van der Waals surface area contributed by atoms with Crippen molar-refractivity contribution < 1.29 is 14.3 Å². The molecule has 2 aromatic rings. The topological polar surface area (TPSA) is 42.6 Å². The van der Waals surface area contributed by atoms with Crippen LogP contribution in [0.2, 0.25) is 0 Å². The largest absolute Gasteiger partial charge is 0.491 e. The summed E-state index contributed by atoms with van der Waals surface area (Å²) in [7, 11) is 0. The van der Waals surface area contributed by atoms with Gasteiger partial charge in [-0.2, -0.15) is 0 Å². The van der Waals surface area contributed by atoms with Crippen molar-refractivity contribution in [2.45, 2.75) is 12.5 Å². The molecule has 1 unspecified atom stereocenters. The summed E-state index contributed by atoms with van der Waals surface area (Å²) in [6.07, 6.45) is 3.26. The molecule has 3 heteroatoms. The van der Waals surface area contributed by atoms with Gasteiger partial charge in [0.05, 0.1) is 18.6 Å². The Kier molecular flexibility index (Phi) is 3.62. The zero-order chi connectivity index (χ0) is 11.2. The molecule has 0 aliphatic rings. The zero-order valence-electron chi connectivity index (χ0n) is 8.87. The third kappa shape index (κ3) is 3.14. The highest BCUT2D eigenvalue weighted by molar-refractivity contribution is 5.21. The summed E-state index contributed by atoms with van der Waals surface area (Å²) in [5.74, 6) is 0.772. The summed E-state index contributed by atoms with van der Waals surface area (Å²) >= 11 is 0. The minimum absolute atomic E-state index is 0.287. The number of benzene rings is 1. The molecule has 3 nitrogen and oxygen atoms in total. The normalized spacial score (nSPS) is 12.3. The second-order valence-electron chi connectivity index (χ2n) is 3.61. The fraction of sp³-hybridized carbons (Fsp3) is 0.231. The van der Waals surface area contributed by atoms with Crippen LogP contribution >= 0.6 is 0 Å². The molecule has 0 fully saturated rings. The molecule has 1 aromatic heterocycles.